The van der Waals surface area contributed by atoms with Gasteiger partial charge in [0, 0.05) is 30.6 Å². The number of aromatic amines is 1. The zero-order chi connectivity index (χ0) is 21.8. The van der Waals surface area contributed by atoms with Crippen LogP contribution < -0.4 is 0 Å². The van der Waals surface area contributed by atoms with Crippen LogP contribution in [0.15, 0.2) is 48.7 Å². The van der Waals surface area contributed by atoms with Crippen molar-refractivity contribution in [3.05, 3.63) is 76.7 Å². The molecule has 1 aromatic heterocycles. The van der Waals surface area contributed by atoms with Crippen LogP contribution in [0.5, 0.6) is 0 Å². The topological polar surface area (TPSA) is 93.0 Å². The Morgan fingerprint density at radius 1 is 1.23 bits per heavy atom. The highest BCUT2D eigenvalue weighted by Crippen LogP contribution is 2.30. The molecule has 0 saturated carbocycles. The molecule has 1 aliphatic rings. The van der Waals surface area contributed by atoms with Gasteiger partial charge in [0.15, 0.2) is 0 Å². The van der Waals surface area contributed by atoms with Crippen LogP contribution >= 0.6 is 0 Å². The molecule has 31 heavy (non-hydrogen) atoms. The molecule has 2 aromatic carbocycles. The predicted molar refractivity (Wildman–Crippen MR) is 119 cm³/mol. The number of aromatic nitrogens is 2. The summed E-state index contributed by atoms with van der Waals surface area (Å²) in [7, 11) is 0. The van der Waals surface area contributed by atoms with Crippen LogP contribution in [0.3, 0.4) is 0 Å². The fraction of sp³-hybridized carbons (Fsp3) is 0.320. The molecule has 4 rings (SSSR count). The number of benzene rings is 2. The third-order valence-electron chi connectivity index (χ3n) is 6.05. The molecule has 2 heterocycles. The van der Waals surface area contributed by atoms with E-state index in [2.05, 4.69) is 16.0 Å². The molecular formula is C25H26N4O2. The van der Waals surface area contributed by atoms with E-state index >= 15 is 0 Å². The Balaban J connectivity index is 1.45. The monoisotopic (exact) mass is 414 g/mol. The van der Waals surface area contributed by atoms with Crippen molar-refractivity contribution < 1.29 is 9.90 Å². The van der Waals surface area contributed by atoms with E-state index in [0.29, 0.717) is 23.5 Å². The number of piperidine rings is 1. The minimum atomic E-state index is 0.0445. The number of carbonyl (C=O) groups excluding carboxylic acids is 1. The minimum Gasteiger partial charge on any atom is -0.396 e. The molecule has 0 aliphatic carbocycles. The number of nitrogens with zero attached hydrogens (tertiary/aromatic N) is 3. The minimum absolute atomic E-state index is 0.0445. The number of aliphatic hydroxyl groups excluding tert-OH is 1. The van der Waals surface area contributed by atoms with Crippen molar-refractivity contribution in [2.24, 2.45) is 0 Å². The van der Waals surface area contributed by atoms with Gasteiger partial charge in [-0.1, -0.05) is 18.2 Å². The van der Waals surface area contributed by atoms with E-state index in [0.717, 1.165) is 48.6 Å². The first-order chi connectivity index (χ1) is 15.1. The van der Waals surface area contributed by atoms with Crippen LogP contribution in [0.25, 0.3) is 11.3 Å². The molecule has 158 valence electrons. The van der Waals surface area contributed by atoms with Gasteiger partial charge in [-0.15, -0.1) is 0 Å². The second kappa shape index (κ2) is 9.15. The summed E-state index contributed by atoms with van der Waals surface area (Å²) in [5, 5.41) is 18.1. The molecule has 3 aromatic rings. The summed E-state index contributed by atoms with van der Waals surface area (Å²) < 4.78 is 0. The SMILES string of the molecule is Cc1ccc(C(=O)N2CCC(c3ccc(C#N)cc3)CC2)cc1-c1cnc(CCO)[nH]1. The molecule has 6 heteroatoms. The van der Waals surface area contributed by atoms with Crippen LogP contribution in [0.1, 0.15) is 51.6 Å². The van der Waals surface area contributed by atoms with Crippen LogP contribution in [-0.4, -0.2) is 45.6 Å². The predicted octanol–water partition coefficient (Wildman–Crippen LogP) is 3.81. The lowest BCUT2D eigenvalue weighted by Crippen LogP contribution is -2.37. The fourth-order valence-corrected chi connectivity index (χ4v) is 4.21. The Morgan fingerprint density at radius 2 is 1.97 bits per heavy atom. The molecule has 1 fully saturated rings. The fourth-order valence-electron chi connectivity index (χ4n) is 4.21. The molecule has 0 unspecified atom stereocenters. The van der Waals surface area contributed by atoms with Gasteiger partial charge in [-0.3, -0.25) is 4.79 Å². The average molecular weight is 415 g/mol. The summed E-state index contributed by atoms with van der Waals surface area (Å²) in [6.45, 7) is 3.50. The average Bonchev–Trinajstić information content (AvgIpc) is 3.28. The maximum absolute atomic E-state index is 13.2. The molecule has 0 spiro atoms. The standard InChI is InChI=1S/C25H26N4O2/c1-17-2-5-21(14-22(17)23-16-27-24(28-23)10-13-30)25(31)29-11-8-20(9-12-29)19-6-3-18(15-26)4-7-19/h2-7,14,16,20,30H,8-13H2,1H3,(H,27,28). The molecule has 0 atom stereocenters. The Kier molecular flexibility index (Phi) is 6.15. The Morgan fingerprint density at radius 3 is 2.65 bits per heavy atom. The molecule has 1 saturated heterocycles. The number of aliphatic hydroxyl groups is 1. The zero-order valence-corrected chi connectivity index (χ0v) is 17.6. The highest BCUT2D eigenvalue weighted by atomic mass is 16.3. The quantitative estimate of drug-likeness (QED) is 0.664. The highest BCUT2D eigenvalue weighted by molar-refractivity contribution is 5.95. The number of nitriles is 1. The number of nitrogens with one attached hydrogen (secondary N) is 1. The molecule has 2 N–H and O–H groups in total. The van der Waals surface area contributed by atoms with E-state index in [1.54, 1.807) is 6.20 Å². The lowest BCUT2D eigenvalue weighted by molar-refractivity contribution is 0.0713. The summed E-state index contributed by atoms with van der Waals surface area (Å²) >= 11 is 0. The van der Waals surface area contributed by atoms with Crippen molar-refractivity contribution in [3.63, 3.8) is 0 Å². The third kappa shape index (κ3) is 4.52. The molecule has 0 radical (unpaired) electrons. The number of H-pyrrole nitrogens is 1. The number of hydrogen-bond acceptors (Lipinski definition) is 4. The van der Waals surface area contributed by atoms with Crippen LogP contribution in [0.4, 0.5) is 0 Å². The molecule has 1 amide bonds. The van der Waals surface area contributed by atoms with Crippen molar-refractivity contribution >= 4 is 5.91 Å². The third-order valence-corrected chi connectivity index (χ3v) is 6.05. The van der Waals surface area contributed by atoms with Crippen molar-refractivity contribution in [2.75, 3.05) is 19.7 Å². The first kappa shape index (κ1) is 20.8. The van der Waals surface area contributed by atoms with Gasteiger partial charge in [-0.25, -0.2) is 4.98 Å². The first-order valence-corrected chi connectivity index (χ1v) is 10.6. The van der Waals surface area contributed by atoms with Gasteiger partial charge in [0.25, 0.3) is 5.91 Å². The molecular weight excluding hydrogens is 388 g/mol. The Hall–Kier alpha value is -3.43. The number of likely N-dealkylation sites (tertiary alicyclic amines) is 1. The Labute approximate surface area is 182 Å². The van der Waals surface area contributed by atoms with Crippen molar-refractivity contribution in [1.82, 2.24) is 14.9 Å². The molecule has 0 bridgehead atoms. The van der Waals surface area contributed by atoms with Crippen LogP contribution in [0, 0.1) is 18.3 Å². The number of amides is 1. The van der Waals surface area contributed by atoms with E-state index in [1.165, 1.54) is 5.56 Å². The first-order valence-electron chi connectivity index (χ1n) is 10.6. The lowest BCUT2D eigenvalue weighted by Gasteiger charge is -2.32. The smallest absolute Gasteiger partial charge is 0.253 e. The van der Waals surface area contributed by atoms with Gasteiger partial charge in [-0.05, 0) is 61.1 Å². The number of hydrogen-bond donors (Lipinski definition) is 2. The second-order valence-electron chi connectivity index (χ2n) is 8.05. The normalized spacial score (nSPS) is 14.4. The van der Waals surface area contributed by atoms with E-state index in [-0.39, 0.29) is 12.5 Å². The maximum atomic E-state index is 13.2. The number of aryl methyl sites for hydroxylation is 1. The summed E-state index contributed by atoms with van der Waals surface area (Å²) in [6, 6.07) is 15.7. The van der Waals surface area contributed by atoms with Crippen molar-refractivity contribution in [1.29, 1.82) is 5.26 Å². The van der Waals surface area contributed by atoms with Crippen molar-refractivity contribution in [2.45, 2.75) is 32.1 Å². The lowest BCUT2D eigenvalue weighted by atomic mass is 9.88. The van der Waals surface area contributed by atoms with Gasteiger partial charge in [0.05, 0.1) is 30.1 Å². The van der Waals surface area contributed by atoms with Gasteiger partial charge in [-0.2, -0.15) is 5.26 Å². The van der Waals surface area contributed by atoms with Gasteiger partial charge in [0.1, 0.15) is 5.82 Å². The van der Waals surface area contributed by atoms with Crippen LogP contribution in [-0.2, 0) is 6.42 Å². The van der Waals surface area contributed by atoms with Gasteiger partial charge < -0.3 is 15.0 Å². The second-order valence-corrected chi connectivity index (χ2v) is 8.05. The summed E-state index contributed by atoms with van der Waals surface area (Å²) in [5.41, 5.74) is 5.46. The van der Waals surface area contributed by atoms with E-state index in [1.807, 2.05) is 54.3 Å². The molecule has 1 aliphatic heterocycles. The Bertz CT molecular complexity index is 1100. The number of carbonyl (C=O) groups is 1. The maximum Gasteiger partial charge on any atom is 0.253 e. The van der Waals surface area contributed by atoms with E-state index in [4.69, 9.17) is 10.4 Å². The van der Waals surface area contributed by atoms with Gasteiger partial charge in [0.2, 0.25) is 0 Å². The van der Waals surface area contributed by atoms with Gasteiger partial charge >= 0.3 is 0 Å². The summed E-state index contributed by atoms with van der Waals surface area (Å²) in [5.74, 6) is 1.20. The number of imidazole rings is 1. The summed E-state index contributed by atoms with van der Waals surface area (Å²) in [4.78, 5) is 22.6. The highest BCUT2D eigenvalue weighted by Gasteiger charge is 2.25. The molecule has 6 nitrogen and oxygen atoms in total. The zero-order valence-electron chi connectivity index (χ0n) is 17.6. The van der Waals surface area contributed by atoms with Crippen molar-refractivity contribution in [3.8, 4) is 17.3 Å². The largest absolute Gasteiger partial charge is 0.396 e. The summed E-state index contributed by atoms with van der Waals surface area (Å²) in [6.07, 6.45) is 4.07. The van der Waals surface area contributed by atoms with E-state index in [9.17, 15) is 4.79 Å². The number of rotatable bonds is 5. The van der Waals surface area contributed by atoms with Crippen LogP contribution in [0.2, 0.25) is 0 Å². The van der Waals surface area contributed by atoms with E-state index < -0.39 is 0 Å².